The molecule has 2 heteroatoms. The average molecular weight is 260 g/mol. The molecule has 2 nitrogen and oxygen atoms in total. The second-order valence-corrected chi connectivity index (χ2v) is 5.62. The smallest absolute Gasteiger partial charge is 0.0417 e. The van der Waals surface area contributed by atoms with Crippen LogP contribution < -0.4 is 10.2 Å². The summed E-state index contributed by atoms with van der Waals surface area (Å²) < 4.78 is 0. The summed E-state index contributed by atoms with van der Waals surface area (Å²) in [5, 5.41) is 3.55. The van der Waals surface area contributed by atoms with Crippen molar-refractivity contribution in [3.63, 3.8) is 0 Å². The van der Waals surface area contributed by atoms with Gasteiger partial charge in [-0.1, -0.05) is 38.5 Å². The third-order valence-electron chi connectivity index (χ3n) is 3.96. The van der Waals surface area contributed by atoms with Crippen molar-refractivity contribution >= 4 is 5.69 Å². The van der Waals surface area contributed by atoms with E-state index in [1.54, 1.807) is 0 Å². The van der Waals surface area contributed by atoms with Crippen LogP contribution in [0.3, 0.4) is 0 Å². The summed E-state index contributed by atoms with van der Waals surface area (Å²) in [5.41, 5.74) is 2.90. The highest BCUT2D eigenvalue weighted by Gasteiger charge is 2.30. The summed E-state index contributed by atoms with van der Waals surface area (Å²) in [6.07, 6.45) is 5.30. The molecule has 1 N–H and O–H groups in total. The van der Waals surface area contributed by atoms with Gasteiger partial charge in [0.2, 0.25) is 0 Å². The van der Waals surface area contributed by atoms with E-state index in [0.717, 1.165) is 12.6 Å². The number of unbranched alkanes of at least 4 members (excludes halogenated alkanes) is 1. The average Bonchev–Trinajstić information content (AvgIpc) is 3.25. The lowest BCUT2D eigenvalue weighted by Crippen LogP contribution is -2.29. The van der Waals surface area contributed by atoms with Crippen molar-refractivity contribution in [2.45, 2.75) is 58.5 Å². The quantitative estimate of drug-likeness (QED) is 0.756. The van der Waals surface area contributed by atoms with Crippen LogP contribution in [0.15, 0.2) is 24.3 Å². The Bertz CT molecular complexity index is 385. The minimum atomic E-state index is 0.434. The first-order chi connectivity index (χ1) is 9.27. The Labute approximate surface area is 118 Å². The van der Waals surface area contributed by atoms with Crippen LogP contribution >= 0.6 is 0 Å². The van der Waals surface area contributed by atoms with E-state index in [-0.39, 0.29) is 0 Å². The minimum Gasteiger partial charge on any atom is -0.368 e. The van der Waals surface area contributed by atoms with E-state index in [4.69, 9.17) is 0 Å². The number of nitrogens with one attached hydrogen (secondary N) is 1. The van der Waals surface area contributed by atoms with E-state index < -0.39 is 0 Å². The van der Waals surface area contributed by atoms with Gasteiger partial charge in [-0.3, -0.25) is 0 Å². The third kappa shape index (κ3) is 3.73. The lowest BCUT2D eigenvalue weighted by molar-refractivity contribution is 0.593. The lowest BCUT2D eigenvalue weighted by atomic mass is 10.0. The van der Waals surface area contributed by atoms with Gasteiger partial charge in [-0.25, -0.2) is 0 Å². The fraction of sp³-hybridized carbons (Fsp3) is 0.647. The lowest BCUT2D eigenvalue weighted by Gasteiger charge is -2.29. The first kappa shape index (κ1) is 14.4. The van der Waals surface area contributed by atoms with Crippen LogP contribution in [-0.4, -0.2) is 19.1 Å². The fourth-order valence-electron chi connectivity index (χ4n) is 2.75. The predicted octanol–water partition coefficient (Wildman–Crippen LogP) is 4.13. The van der Waals surface area contributed by atoms with Gasteiger partial charge in [0.05, 0.1) is 0 Å². The van der Waals surface area contributed by atoms with Crippen LogP contribution in [0.4, 0.5) is 5.69 Å². The monoisotopic (exact) mass is 260 g/mol. The van der Waals surface area contributed by atoms with Gasteiger partial charge in [-0.15, -0.1) is 0 Å². The zero-order valence-electron chi connectivity index (χ0n) is 12.7. The summed E-state index contributed by atoms with van der Waals surface area (Å²) in [5.74, 6) is 0. The Hall–Kier alpha value is -1.02. The maximum Gasteiger partial charge on any atom is 0.0417 e. The number of para-hydroxylation sites is 1. The zero-order chi connectivity index (χ0) is 13.7. The van der Waals surface area contributed by atoms with Crippen molar-refractivity contribution in [2.24, 2.45) is 0 Å². The Kier molecular flexibility index (Phi) is 5.26. The van der Waals surface area contributed by atoms with Gasteiger partial charge in [0.1, 0.15) is 0 Å². The molecule has 106 valence electrons. The highest BCUT2D eigenvalue weighted by atomic mass is 15.2. The molecule has 19 heavy (non-hydrogen) atoms. The molecule has 2 rings (SSSR count). The third-order valence-corrected chi connectivity index (χ3v) is 3.96. The summed E-state index contributed by atoms with van der Waals surface area (Å²) in [7, 11) is 0. The SMILES string of the molecule is CCCCN(c1ccccc1C(C)NCC)C1CC1. The number of anilines is 1. The summed E-state index contributed by atoms with van der Waals surface area (Å²) in [6, 6.07) is 10.2. The van der Waals surface area contributed by atoms with Crippen molar-refractivity contribution in [2.75, 3.05) is 18.0 Å². The van der Waals surface area contributed by atoms with E-state index in [0.29, 0.717) is 6.04 Å². The molecular formula is C17H28N2. The molecule has 1 aliphatic rings. The molecule has 1 fully saturated rings. The maximum absolute atomic E-state index is 3.55. The molecule has 1 aliphatic carbocycles. The molecule has 0 spiro atoms. The van der Waals surface area contributed by atoms with Crippen LogP contribution in [0.2, 0.25) is 0 Å². The van der Waals surface area contributed by atoms with Crippen LogP contribution in [0.1, 0.15) is 58.1 Å². The normalized spacial score (nSPS) is 16.4. The van der Waals surface area contributed by atoms with E-state index in [9.17, 15) is 0 Å². The Morgan fingerprint density at radius 1 is 1.26 bits per heavy atom. The number of rotatable bonds is 8. The van der Waals surface area contributed by atoms with Gasteiger partial charge in [-0.2, -0.15) is 0 Å². The topological polar surface area (TPSA) is 15.3 Å². The Balaban J connectivity index is 2.20. The first-order valence-electron chi connectivity index (χ1n) is 7.86. The van der Waals surface area contributed by atoms with E-state index >= 15 is 0 Å². The van der Waals surface area contributed by atoms with Gasteiger partial charge in [0, 0.05) is 24.3 Å². The molecule has 1 unspecified atom stereocenters. The summed E-state index contributed by atoms with van der Waals surface area (Å²) in [4.78, 5) is 2.65. The zero-order valence-corrected chi connectivity index (χ0v) is 12.7. The van der Waals surface area contributed by atoms with Gasteiger partial charge in [-0.05, 0) is 44.4 Å². The van der Waals surface area contributed by atoms with E-state index in [2.05, 4.69) is 55.3 Å². The number of benzene rings is 1. The summed E-state index contributed by atoms with van der Waals surface area (Å²) >= 11 is 0. The van der Waals surface area contributed by atoms with E-state index in [1.165, 1.54) is 43.5 Å². The molecule has 1 aromatic rings. The van der Waals surface area contributed by atoms with Gasteiger partial charge in [0.25, 0.3) is 0 Å². The van der Waals surface area contributed by atoms with Crippen LogP contribution in [0.5, 0.6) is 0 Å². The number of hydrogen-bond donors (Lipinski definition) is 1. The molecule has 0 radical (unpaired) electrons. The Morgan fingerprint density at radius 3 is 2.63 bits per heavy atom. The number of nitrogens with zero attached hydrogens (tertiary/aromatic N) is 1. The molecule has 1 aromatic carbocycles. The molecule has 0 bridgehead atoms. The largest absolute Gasteiger partial charge is 0.368 e. The van der Waals surface area contributed by atoms with Crippen molar-refractivity contribution in [3.8, 4) is 0 Å². The molecular weight excluding hydrogens is 232 g/mol. The van der Waals surface area contributed by atoms with Gasteiger partial charge in [0.15, 0.2) is 0 Å². The van der Waals surface area contributed by atoms with Gasteiger partial charge >= 0.3 is 0 Å². The predicted molar refractivity (Wildman–Crippen MR) is 83.8 cm³/mol. The standard InChI is InChI=1S/C17H28N2/c1-4-6-13-19(15-11-12-15)17-10-8-7-9-16(17)14(3)18-5-2/h7-10,14-15,18H,4-6,11-13H2,1-3H3. The second-order valence-electron chi connectivity index (χ2n) is 5.62. The molecule has 1 atom stereocenters. The van der Waals surface area contributed by atoms with Crippen LogP contribution in [0.25, 0.3) is 0 Å². The fourth-order valence-corrected chi connectivity index (χ4v) is 2.75. The van der Waals surface area contributed by atoms with Crippen molar-refractivity contribution in [1.29, 1.82) is 0 Å². The molecule has 0 aliphatic heterocycles. The van der Waals surface area contributed by atoms with Crippen molar-refractivity contribution in [1.82, 2.24) is 5.32 Å². The first-order valence-corrected chi connectivity index (χ1v) is 7.86. The van der Waals surface area contributed by atoms with E-state index in [1.807, 2.05) is 0 Å². The van der Waals surface area contributed by atoms with Crippen molar-refractivity contribution < 1.29 is 0 Å². The maximum atomic E-state index is 3.55. The molecule has 0 saturated heterocycles. The minimum absolute atomic E-state index is 0.434. The Morgan fingerprint density at radius 2 is 2.00 bits per heavy atom. The second kappa shape index (κ2) is 6.95. The highest BCUT2D eigenvalue weighted by molar-refractivity contribution is 5.56. The molecule has 0 heterocycles. The summed E-state index contributed by atoms with van der Waals surface area (Å²) in [6.45, 7) is 8.95. The molecule has 1 saturated carbocycles. The molecule has 0 aromatic heterocycles. The molecule has 0 amide bonds. The number of hydrogen-bond acceptors (Lipinski definition) is 2. The van der Waals surface area contributed by atoms with Crippen LogP contribution in [0, 0.1) is 0 Å². The highest BCUT2D eigenvalue weighted by Crippen LogP contribution is 2.35. The van der Waals surface area contributed by atoms with Crippen LogP contribution in [-0.2, 0) is 0 Å². The van der Waals surface area contributed by atoms with Gasteiger partial charge < -0.3 is 10.2 Å². The van der Waals surface area contributed by atoms with Crippen molar-refractivity contribution in [3.05, 3.63) is 29.8 Å².